The molecule has 0 aromatic heterocycles. The van der Waals surface area contributed by atoms with Crippen LogP contribution in [-0.4, -0.2) is 11.1 Å². The number of rotatable bonds is 2. The number of carboxylic acids is 1. The summed E-state index contributed by atoms with van der Waals surface area (Å²) in [7, 11) is 0. The summed E-state index contributed by atoms with van der Waals surface area (Å²) in [6, 6.07) is 4.41. The molecule has 0 atom stereocenters. The van der Waals surface area contributed by atoms with Crippen LogP contribution in [0.1, 0.15) is 15.9 Å². The smallest absolute Gasteiger partial charge is 0.336 e. The zero-order chi connectivity index (χ0) is 9.14. The summed E-state index contributed by atoms with van der Waals surface area (Å²) in [5.41, 5.74) is 0.206. The van der Waals surface area contributed by atoms with E-state index in [1.54, 1.807) is 6.07 Å². The molecule has 0 unspecified atom stereocenters. The van der Waals surface area contributed by atoms with Crippen molar-refractivity contribution >= 4 is 21.9 Å². The average Bonchev–Trinajstić information content (AvgIpc) is 2.03. The molecule has 0 saturated carbocycles. The second-order valence-corrected chi connectivity index (χ2v) is 3.16. The van der Waals surface area contributed by atoms with Gasteiger partial charge in [-0.05, 0) is 23.8 Å². The maximum Gasteiger partial charge on any atom is 0.336 e. The fourth-order valence-electron chi connectivity index (χ4n) is 0.881. The van der Waals surface area contributed by atoms with Gasteiger partial charge in [-0.1, -0.05) is 15.9 Å². The van der Waals surface area contributed by atoms with Crippen molar-refractivity contribution in [1.29, 1.82) is 0 Å². The SMILES string of the molecule is O=C(O)c1ccc(Br)cc1CF. The maximum atomic E-state index is 12.2. The monoisotopic (exact) mass is 232 g/mol. The molecule has 0 aliphatic rings. The molecule has 12 heavy (non-hydrogen) atoms. The lowest BCUT2D eigenvalue weighted by molar-refractivity contribution is 0.0695. The van der Waals surface area contributed by atoms with Gasteiger partial charge in [-0.15, -0.1) is 0 Å². The first-order valence-electron chi connectivity index (χ1n) is 3.23. The second kappa shape index (κ2) is 3.67. The first kappa shape index (κ1) is 9.19. The van der Waals surface area contributed by atoms with E-state index in [4.69, 9.17) is 5.11 Å². The Kier molecular flexibility index (Phi) is 2.81. The Morgan fingerprint density at radius 3 is 2.75 bits per heavy atom. The van der Waals surface area contributed by atoms with Gasteiger partial charge in [0.05, 0.1) is 5.56 Å². The van der Waals surface area contributed by atoms with E-state index in [2.05, 4.69) is 15.9 Å². The topological polar surface area (TPSA) is 37.3 Å². The Bertz CT molecular complexity index is 312. The van der Waals surface area contributed by atoms with E-state index in [0.29, 0.717) is 4.47 Å². The molecule has 1 aromatic rings. The van der Waals surface area contributed by atoms with Gasteiger partial charge in [0.15, 0.2) is 0 Å². The van der Waals surface area contributed by atoms with Crippen LogP contribution in [0, 0.1) is 0 Å². The van der Waals surface area contributed by atoms with E-state index in [1.807, 2.05) is 0 Å². The quantitative estimate of drug-likeness (QED) is 0.852. The normalized spacial score (nSPS) is 9.83. The zero-order valence-corrected chi connectivity index (χ0v) is 7.64. The first-order valence-corrected chi connectivity index (χ1v) is 4.02. The third-order valence-electron chi connectivity index (χ3n) is 1.44. The number of alkyl halides is 1. The van der Waals surface area contributed by atoms with Crippen molar-refractivity contribution in [1.82, 2.24) is 0 Å². The minimum Gasteiger partial charge on any atom is -0.478 e. The van der Waals surface area contributed by atoms with Crippen LogP contribution in [0.2, 0.25) is 0 Å². The Hall–Kier alpha value is -0.900. The lowest BCUT2D eigenvalue weighted by atomic mass is 10.1. The van der Waals surface area contributed by atoms with Gasteiger partial charge < -0.3 is 5.11 Å². The highest BCUT2D eigenvalue weighted by atomic mass is 79.9. The summed E-state index contributed by atoms with van der Waals surface area (Å²) >= 11 is 3.13. The first-order chi connectivity index (χ1) is 5.65. The van der Waals surface area contributed by atoms with Crippen LogP contribution in [0.15, 0.2) is 22.7 Å². The fraction of sp³-hybridized carbons (Fsp3) is 0.125. The van der Waals surface area contributed by atoms with Crippen LogP contribution in [0.25, 0.3) is 0 Å². The maximum absolute atomic E-state index is 12.2. The van der Waals surface area contributed by atoms with Crippen molar-refractivity contribution in [3.8, 4) is 0 Å². The minimum absolute atomic E-state index is 0.0145. The van der Waals surface area contributed by atoms with Gasteiger partial charge >= 0.3 is 5.97 Å². The van der Waals surface area contributed by atoms with Gasteiger partial charge in [0.25, 0.3) is 0 Å². The van der Waals surface area contributed by atoms with Crippen LogP contribution < -0.4 is 0 Å². The highest BCUT2D eigenvalue weighted by molar-refractivity contribution is 9.10. The molecule has 1 aromatic carbocycles. The molecule has 1 rings (SSSR count). The molecule has 0 saturated heterocycles. The lowest BCUT2D eigenvalue weighted by Crippen LogP contribution is -2.00. The molecule has 0 fully saturated rings. The predicted molar refractivity (Wildman–Crippen MR) is 45.9 cm³/mol. The van der Waals surface area contributed by atoms with Crippen molar-refractivity contribution in [2.75, 3.05) is 0 Å². The van der Waals surface area contributed by atoms with Gasteiger partial charge in [0.2, 0.25) is 0 Å². The summed E-state index contributed by atoms with van der Waals surface area (Å²) in [4.78, 5) is 10.5. The molecule has 0 spiro atoms. The van der Waals surface area contributed by atoms with E-state index < -0.39 is 12.6 Å². The zero-order valence-electron chi connectivity index (χ0n) is 6.05. The fourth-order valence-corrected chi connectivity index (χ4v) is 1.29. The van der Waals surface area contributed by atoms with E-state index in [0.717, 1.165) is 0 Å². The second-order valence-electron chi connectivity index (χ2n) is 2.24. The molecule has 0 heterocycles. The summed E-state index contributed by atoms with van der Waals surface area (Å²) in [5, 5.41) is 8.61. The summed E-state index contributed by atoms with van der Waals surface area (Å²) in [6.45, 7) is -0.763. The summed E-state index contributed by atoms with van der Waals surface area (Å²) < 4.78 is 12.9. The van der Waals surface area contributed by atoms with Crippen molar-refractivity contribution in [2.24, 2.45) is 0 Å². The number of hydrogen-bond donors (Lipinski definition) is 1. The highest BCUT2D eigenvalue weighted by Crippen LogP contribution is 2.17. The Labute approximate surface area is 77.2 Å². The van der Waals surface area contributed by atoms with Crippen LogP contribution in [0.3, 0.4) is 0 Å². The van der Waals surface area contributed by atoms with Crippen molar-refractivity contribution in [3.05, 3.63) is 33.8 Å². The number of aromatic carboxylic acids is 1. The Morgan fingerprint density at radius 2 is 2.25 bits per heavy atom. The minimum atomic E-state index is -1.10. The summed E-state index contributed by atoms with van der Waals surface area (Å²) in [6.07, 6.45) is 0. The third kappa shape index (κ3) is 1.82. The lowest BCUT2D eigenvalue weighted by Gasteiger charge is -2.01. The van der Waals surface area contributed by atoms with Crippen molar-refractivity contribution in [3.63, 3.8) is 0 Å². The number of carbonyl (C=O) groups is 1. The Balaban J connectivity index is 3.20. The van der Waals surface area contributed by atoms with E-state index in [-0.39, 0.29) is 11.1 Å². The molecule has 1 N–H and O–H groups in total. The number of carboxylic acid groups (broad SMARTS) is 1. The van der Waals surface area contributed by atoms with Crippen LogP contribution >= 0.6 is 15.9 Å². The van der Waals surface area contributed by atoms with Crippen molar-refractivity contribution < 1.29 is 14.3 Å². The molecule has 0 amide bonds. The highest BCUT2D eigenvalue weighted by Gasteiger charge is 2.09. The van der Waals surface area contributed by atoms with Crippen LogP contribution in [0.4, 0.5) is 4.39 Å². The predicted octanol–water partition coefficient (Wildman–Crippen LogP) is 2.62. The molecule has 2 nitrogen and oxygen atoms in total. The van der Waals surface area contributed by atoms with Gasteiger partial charge in [0.1, 0.15) is 6.67 Å². The largest absolute Gasteiger partial charge is 0.478 e. The van der Waals surface area contributed by atoms with Crippen LogP contribution in [-0.2, 0) is 6.67 Å². The van der Waals surface area contributed by atoms with E-state index >= 15 is 0 Å². The summed E-state index contributed by atoms with van der Waals surface area (Å²) in [5.74, 6) is -1.10. The van der Waals surface area contributed by atoms with Gasteiger partial charge in [-0.3, -0.25) is 0 Å². The van der Waals surface area contributed by atoms with E-state index in [9.17, 15) is 9.18 Å². The number of hydrogen-bond acceptors (Lipinski definition) is 1. The Morgan fingerprint density at radius 1 is 1.58 bits per heavy atom. The van der Waals surface area contributed by atoms with Crippen molar-refractivity contribution in [2.45, 2.75) is 6.67 Å². The number of halogens is 2. The molecule has 4 heteroatoms. The third-order valence-corrected chi connectivity index (χ3v) is 1.93. The standard InChI is InChI=1S/C8H6BrFO2/c9-6-1-2-7(8(11)12)5(3-6)4-10/h1-3H,4H2,(H,11,12). The van der Waals surface area contributed by atoms with Gasteiger partial charge in [-0.2, -0.15) is 0 Å². The average molecular weight is 233 g/mol. The molecule has 0 bridgehead atoms. The van der Waals surface area contributed by atoms with Gasteiger partial charge in [0, 0.05) is 4.47 Å². The van der Waals surface area contributed by atoms with Crippen LogP contribution in [0.5, 0.6) is 0 Å². The molecule has 0 aliphatic carbocycles. The van der Waals surface area contributed by atoms with Gasteiger partial charge in [-0.25, -0.2) is 9.18 Å². The molecule has 0 aliphatic heterocycles. The van der Waals surface area contributed by atoms with E-state index in [1.165, 1.54) is 12.1 Å². The molecule has 64 valence electrons. The molecular formula is C8H6BrFO2. The molecular weight excluding hydrogens is 227 g/mol. The molecule has 0 radical (unpaired) electrons. The number of benzene rings is 1.